The normalized spacial score (nSPS) is 11.5. The predicted octanol–water partition coefficient (Wildman–Crippen LogP) is 4.14. The zero-order valence-electron chi connectivity index (χ0n) is 15.5. The van der Waals surface area contributed by atoms with Crippen LogP contribution < -0.4 is 4.74 Å². The Hall–Kier alpha value is -2.32. The summed E-state index contributed by atoms with van der Waals surface area (Å²) >= 11 is 3.41. The van der Waals surface area contributed by atoms with Gasteiger partial charge in [0.2, 0.25) is 0 Å². The summed E-state index contributed by atoms with van der Waals surface area (Å²) in [5, 5.41) is 0.861. The molecule has 0 fully saturated rings. The van der Waals surface area contributed by atoms with Crippen molar-refractivity contribution in [2.24, 2.45) is 0 Å². The van der Waals surface area contributed by atoms with Crippen LogP contribution in [0.5, 0.6) is 5.75 Å². The average Bonchev–Trinajstić information content (AvgIpc) is 3.10. The van der Waals surface area contributed by atoms with E-state index in [4.69, 9.17) is 9.15 Å². The maximum Gasteiger partial charge on any atom is 0.289 e. The van der Waals surface area contributed by atoms with E-state index in [9.17, 15) is 13.2 Å². The molecule has 1 amide bonds. The predicted molar refractivity (Wildman–Crippen MR) is 111 cm³/mol. The highest BCUT2D eigenvalue weighted by Gasteiger charge is 2.17. The van der Waals surface area contributed by atoms with Crippen LogP contribution in [0.2, 0.25) is 0 Å². The first kappa shape index (κ1) is 20.4. The van der Waals surface area contributed by atoms with Gasteiger partial charge < -0.3 is 14.1 Å². The van der Waals surface area contributed by atoms with Crippen molar-refractivity contribution in [1.82, 2.24) is 4.90 Å². The van der Waals surface area contributed by atoms with Crippen molar-refractivity contribution < 1.29 is 22.4 Å². The van der Waals surface area contributed by atoms with Gasteiger partial charge in [-0.3, -0.25) is 4.79 Å². The van der Waals surface area contributed by atoms with E-state index in [2.05, 4.69) is 15.9 Å². The van der Waals surface area contributed by atoms with Crippen molar-refractivity contribution in [2.75, 3.05) is 26.5 Å². The number of para-hydroxylation sites is 1. The molecule has 0 saturated carbocycles. The number of amides is 1. The molecule has 8 heteroatoms. The molecule has 3 aromatic rings. The lowest BCUT2D eigenvalue weighted by Crippen LogP contribution is -2.28. The molecule has 0 aliphatic carbocycles. The minimum Gasteiger partial charge on any atom is -0.493 e. The third-order valence-corrected chi connectivity index (χ3v) is 5.93. The van der Waals surface area contributed by atoms with Crippen LogP contribution in [-0.2, 0) is 9.84 Å². The largest absolute Gasteiger partial charge is 0.493 e. The van der Waals surface area contributed by atoms with Crippen LogP contribution in [0.15, 0.2) is 62.3 Å². The van der Waals surface area contributed by atoms with Crippen LogP contribution in [0.3, 0.4) is 0 Å². The van der Waals surface area contributed by atoms with Gasteiger partial charge in [0.05, 0.1) is 16.0 Å². The van der Waals surface area contributed by atoms with Crippen molar-refractivity contribution in [2.45, 2.75) is 11.3 Å². The molecule has 0 N–H and O–H groups in total. The summed E-state index contributed by atoms with van der Waals surface area (Å²) in [5.41, 5.74) is 0.647. The standard InChI is InChI=1S/C20H20BrNO5S/c1-22(20(23)18-12-14-6-3-9-17(21)19(14)27-18)10-5-11-26-15-7-4-8-16(13-15)28(2,24)25/h3-4,6-9,12-13H,5,10-11H2,1-2H3. The topological polar surface area (TPSA) is 76.8 Å². The zero-order valence-corrected chi connectivity index (χ0v) is 17.9. The van der Waals surface area contributed by atoms with E-state index in [-0.39, 0.29) is 16.6 Å². The lowest BCUT2D eigenvalue weighted by atomic mass is 10.2. The van der Waals surface area contributed by atoms with E-state index in [1.54, 1.807) is 30.1 Å². The summed E-state index contributed by atoms with van der Waals surface area (Å²) in [6.07, 6.45) is 1.75. The Balaban J connectivity index is 1.54. The van der Waals surface area contributed by atoms with Crippen LogP contribution in [-0.4, -0.2) is 45.7 Å². The zero-order chi connectivity index (χ0) is 20.3. The van der Waals surface area contributed by atoms with E-state index in [0.29, 0.717) is 30.9 Å². The first-order valence-corrected chi connectivity index (χ1v) is 11.3. The van der Waals surface area contributed by atoms with Gasteiger partial charge in [-0.05, 0) is 52.7 Å². The van der Waals surface area contributed by atoms with Crippen molar-refractivity contribution >= 4 is 42.6 Å². The molecule has 0 radical (unpaired) electrons. The van der Waals surface area contributed by atoms with E-state index in [1.165, 1.54) is 12.1 Å². The van der Waals surface area contributed by atoms with Crippen molar-refractivity contribution in [3.05, 3.63) is 58.8 Å². The summed E-state index contributed by atoms with van der Waals surface area (Å²) in [4.78, 5) is 14.3. The molecule has 0 saturated heterocycles. The first-order chi connectivity index (χ1) is 13.3. The van der Waals surface area contributed by atoms with Gasteiger partial charge in [-0.1, -0.05) is 18.2 Å². The molecule has 0 spiro atoms. The molecule has 148 valence electrons. The minimum absolute atomic E-state index is 0.206. The molecule has 0 aliphatic heterocycles. The molecule has 0 aliphatic rings. The molecule has 2 aromatic carbocycles. The fourth-order valence-electron chi connectivity index (χ4n) is 2.71. The number of furan rings is 1. The molecule has 1 aromatic heterocycles. The van der Waals surface area contributed by atoms with Gasteiger partial charge in [-0.15, -0.1) is 0 Å². The van der Waals surface area contributed by atoms with Gasteiger partial charge in [-0.2, -0.15) is 0 Å². The van der Waals surface area contributed by atoms with Crippen LogP contribution in [0.4, 0.5) is 0 Å². The Bertz CT molecular complexity index is 1110. The van der Waals surface area contributed by atoms with Crippen molar-refractivity contribution in [3.8, 4) is 5.75 Å². The smallest absolute Gasteiger partial charge is 0.289 e. The molecule has 1 heterocycles. The lowest BCUT2D eigenvalue weighted by Gasteiger charge is -2.16. The Labute approximate surface area is 172 Å². The van der Waals surface area contributed by atoms with Crippen LogP contribution in [0, 0.1) is 0 Å². The van der Waals surface area contributed by atoms with Gasteiger partial charge in [-0.25, -0.2) is 8.42 Å². The second kappa shape index (κ2) is 8.36. The number of carbonyl (C=O) groups is 1. The SMILES string of the molecule is CN(CCCOc1cccc(S(C)(=O)=O)c1)C(=O)c1cc2cccc(Br)c2o1. The van der Waals surface area contributed by atoms with Crippen LogP contribution in [0.1, 0.15) is 17.0 Å². The number of halogens is 1. The second-order valence-electron chi connectivity index (χ2n) is 6.44. The maximum atomic E-state index is 12.6. The number of rotatable bonds is 7. The number of benzene rings is 2. The van der Waals surface area contributed by atoms with E-state index in [1.807, 2.05) is 18.2 Å². The third-order valence-electron chi connectivity index (χ3n) is 4.19. The quantitative estimate of drug-likeness (QED) is 0.490. The summed E-state index contributed by atoms with van der Waals surface area (Å²) in [7, 11) is -1.57. The van der Waals surface area contributed by atoms with Crippen molar-refractivity contribution in [1.29, 1.82) is 0 Å². The summed E-state index contributed by atoms with van der Waals surface area (Å²) in [5.74, 6) is 0.562. The van der Waals surface area contributed by atoms with Crippen LogP contribution >= 0.6 is 15.9 Å². The van der Waals surface area contributed by atoms with Gasteiger partial charge in [0.1, 0.15) is 11.3 Å². The molecule has 28 heavy (non-hydrogen) atoms. The van der Waals surface area contributed by atoms with Gasteiger partial charge in [0.15, 0.2) is 15.6 Å². The molecule has 0 atom stereocenters. The summed E-state index contributed by atoms with van der Waals surface area (Å²) in [6.45, 7) is 0.833. The van der Waals surface area contributed by atoms with Gasteiger partial charge in [0, 0.05) is 25.2 Å². The molecular formula is C20H20BrNO5S. The monoisotopic (exact) mass is 465 g/mol. The van der Waals surface area contributed by atoms with Crippen LogP contribution in [0.25, 0.3) is 11.0 Å². The van der Waals surface area contributed by atoms with Gasteiger partial charge >= 0.3 is 0 Å². The Kier molecular flexibility index (Phi) is 6.10. The minimum atomic E-state index is -3.27. The summed E-state index contributed by atoms with van der Waals surface area (Å²) < 4.78 is 35.3. The molecule has 6 nitrogen and oxygen atoms in total. The Morgan fingerprint density at radius 1 is 1.18 bits per heavy atom. The van der Waals surface area contributed by atoms with Gasteiger partial charge in [0.25, 0.3) is 5.91 Å². The average molecular weight is 466 g/mol. The number of sulfone groups is 1. The third kappa shape index (κ3) is 4.74. The number of carbonyl (C=O) groups excluding carboxylic acids is 1. The first-order valence-electron chi connectivity index (χ1n) is 8.62. The number of fused-ring (bicyclic) bond motifs is 1. The number of hydrogen-bond donors (Lipinski definition) is 0. The fourth-order valence-corrected chi connectivity index (χ4v) is 3.83. The second-order valence-corrected chi connectivity index (χ2v) is 9.31. The molecule has 0 bridgehead atoms. The molecular weight excluding hydrogens is 446 g/mol. The van der Waals surface area contributed by atoms with E-state index >= 15 is 0 Å². The molecule has 3 rings (SSSR count). The van der Waals surface area contributed by atoms with E-state index in [0.717, 1.165) is 16.1 Å². The Morgan fingerprint density at radius 3 is 2.64 bits per heavy atom. The number of ether oxygens (including phenoxy) is 1. The summed E-state index contributed by atoms with van der Waals surface area (Å²) in [6, 6.07) is 13.7. The van der Waals surface area contributed by atoms with Crippen molar-refractivity contribution in [3.63, 3.8) is 0 Å². The Morgan fingerprint density at radius 2 is 1.93 bits per heavy atom. The highest BCUT2D eigenvalue weighted by Crippen LogP contribution is 2.27. The fraction of sp³-hybridized carbons (Fsp3) is 0.250. The number of hydrogen-bond acceptors (Lipinski definition) is 5. The van der Waals surface area contributed by atoms with E-state index < -0.39 is 9.84 Å². The maximum absolute atomic E-state index is 12.6. The highest BCUT2D eigenvalue weighted by atomic mass is 79.9. The molecule has 0 unspecified atom stereocenters. The highest BCUT2D eigenvalue weighted by molar-refractivity contribution is 9.10. The lowest BCUT2D eigenvalue weighted by molar-refractivity contribution is 0.0758. The number of nitrogens with zero attached hydrogens (tertiary/aromatic N) is 1.